The van der Waals surface area contributed by atoms with Gasteiger partial charge in [-0.3, -0.25) is 0 Å². The van der Waals surface area contributed by atoms with Crippen molar-refractivity contribution in [3.63, 3.8) is 0 Å². The number of aliphatic hydroxyl groups is 1. The number of hydrogen-bond donors (Lipinski definition) is 2. The molecule has 0 spiro atoms. The van der Waals surface area contributed by atoms with E-state index < -0.39 is 5.60 Å². The number of anilines is 1. The van der Waals surface area contributed by atoms with Crippen LogP contribution in [0.15, 0.2) is 6.07 Å². The predicted octanol–water partition coefficient (Wildman–Crippen LogP) is 1.67. The molecule has 1 aromatic rings. The highest BCUT2D eigenvalue weighted by Crippen LogP contribution is 2.11. The lowest BCUT2D eigenvalue weighted by molar-refractivity contribution is 0.0696. The maximum atomic E-state index is 9.82. The van der Waals surface area contributed by atoms with Gasteiger partial charge in [0.25, 0.3) is 0 Å². The molecule has 4 nitrogen and oxygen atoms in total. The van der Waals surface area contributed by atoms with E-state index in [9.17, 15) is 5.11 Å². The number of aromatic nitrogens is 2. The van der Waals surface area contributed by atoms with E-state index >= 15 is 0 Å². The van der Waals surface area contributed by atoms with Gasteiger partial charge < -0.3 is 10.4 Å². The van der Waals surface area contributed by atoms with Crippen LogP contribution < -0.4 is 5.32 Å². The molecule has 1 unspecified atom stereocenters. The van der Waals surface area contributed by atoms with Crippen molar-refractivity contribution in [2.75, 3.05) is 11.9 Å². The van der Waals surface area contributed by atoms with E-state index in [1.165, 1.54) is 0 Å². The Hall–Kier alpha value is -1.16. The van der Waals surface area contributed by atoms with Crippen molar-refractivity contribution >= 4 is 5.82 Å². The Kier molecular flexibility index (Phi) is 3.63. The highest BCUT2D eigenvalue weighted by molar-refractivity contribution is 5.36. The fourth-order valence-corrected chi connectivity index (χ4v) is 1.21. The minimum atomic E-state index is -0.688. The van der Waals surface area contributed by atoms with E-state index in [1.54, 1.807) is 6.92 Å². The normalized spacial score (nSPS) is 14.7. The highest BCUT2D eigenvalue weighted by Gasteiger charge is 2.17. The van der Waals surface area contributed by atoms with Gasteiger partial charge in [-0.25, -0.2) is 9.97 Å². The van der Waals surface area contributed by atoms with Crippen LogP contribution in [0.1, 0.15) is 31.8 Å². The molecule has 1 aromatic heterocycles. The van der Waals surface area contributed by atoms with Crippen LogP contribution in [0.25, 0.3) is 0 Å². The molecule has 0 radical (unpaired) electrons. The van der Waals surface area contributed by atoms with Gasteiger partial charge in [-0.1, -0.05) is 6.92 Å². The maximum Gasteiger partial charge on any atom is 0.130 e. The first-order valence-electron chi connectivity index (χ1n) is 5.21. The molecule has 0 bridgehead atoms. The van der Waals surface area contributed by atoms with Crippen LogP contribution in [0.2, 0.25) is 0 Å². The van der Waals surface area contributed by atoms with Crippen LogP contribution >= 0.6 is 0 Å². The summed E-state index contributed by atoms with van der Waals surface area (Å²) in [6, 6.07) is 1.87. The Morgan fingerprint density at radius 1 is 1.40 bits per heavy atom. The third kappa shape index (κ3) is 3.83. The van der Waals surface area contributed by atoms with Crippen molar-refractivity contribution in [2.24, 2.45) is 0 Å². The van der Waals surface area contributed by atoms with Crippen molar-refractivity contribution in [3.8, 4) is 0 Å². The second kappa shape index (κ2) is 4.57. The van der Waals surface area contributed by atoms with Gasteiger partial charge in [0.2, 0.25) is 0 Å². The lowest BCUT2D eigenvalue weighted by atomic mass is 10.0. The monoisotopic (exact) mass is 209 g/mol. The molecular weight excluding hydrogens is 190 g/mol. The van der Waals surface area contributed by atoms with Gasteiger partial charge in [0, 0.05) is 18.3 Å². The largest absolute Gasteiger partial charge is 0.388 e. The first kappa shape index (κ1) is 11.9. The molecule has 2 N–H and O–H groups in total. The van der Waals surface area contributed by atoms with E-state index in [1.807, 2.05) is 26.8 Å². The summed E-state index contributed by atoms with van der Waals surface area (Å²) in [5.41, 5.74) is 0.244. The predicted molar refractivity (Wildman–Crippen MR) is 60.9 cm³/mol. The van der Waals surface area contributed by atoms with E-state index in [0.717, 1.165) is 17.3 Å². The van der Waals surface area contributed by atoms with Gasteiger partial charge in [0.05, 0.1) is 5.60 Å². The number of hydrogen-bond acceptors (Lipinski definition) is 4. The molecule has 4 heteroatoms. The van der Waals surface area contributed by atoms with Crippen molar-refractivity contribution in [1.29, 1.82) is 0 Å². The second-order valence-electron chi connectivity index (χ2n) is 4.15. The fourth-order valence-electron chi connectivity index (χ4n) is 1.21. The van der Waals surface area contributed by atoms with Crippen molar-refractivity contribution in [3.05, 3.63) is 17.6 Å². The van der Waals surface area contributed by atoms with Gasteiger partial charge >= 0.3 is 0 Å². The Balaban J connectivity index is 2.65. The van der Waals surface area contributed by atoms with Gasteiger partial charge in [-0.2, -0.15) is 0 Å². The number of aryl methyl sites for hydroxylation is 2. The van der Waals surface area contributed by atoms with E-state index in [0.29, 0.717) is 13.0 Å². The summed E-state index contributed by atoms with van der Waals surface area (Å²) < 4.78 is 0. The maximum absolute atomic E-state index is 9.82. The summed E-state index contributed by atoms with van der Waals surface area (Å²) in [6.07, 6.45) is 0.711. The van der Waals surface area contributed by atoms with Crippen molar-refractivity contribution in [1.82, 2.24) is 9.97 Å². The quantitative estimate of drug-likeness (QED) is 0.792. The zero-order valence-corrected chi connectivity index (χ0v) is 9.83. The van der Waals surface area contributed by atoms with Gasteiger partial charge in [-0.05, 0) is 27.2 Å². The van der Waals surface area contributed by atoms with Crippen LogP contribution in [0, 0.1) is 13.8 Å². The topological polar surface area (TPSA) is 58.0 Å². The molecule has 0 aliphatic carbocycles. The molecule has 1 rings (SSSR count). The second-order valence-corrected chi connectivity index (χ2v) is 4.15. The van der Waals surface area contributed by atoms with Crippen LogP contribution in [0.3, 0.4) is 0 Å². The van der Waals surface area contributed by atoms with Crippen LogP contribution in [0.5, 0.6) is 0 Å². The van der Waals surface area contributed by atoms with Crippen LogP contribution in [-0.2, 0) is 0 Å². The average Bonchev–Trinajstić information content (AvgIpc) is 2.14. The standard InChI is InChI=1S/C11H19N3O/c1-5-11(4,15)7-12-10-6-8(2)13-9(3)14-10/h6,15H,5,7H2,1-4H3,(H,12,13,14). The zero-order valence-electron chi connectivity index (χ0n) is 9.83. The van der Waals surface area contributed by atoms with Crippen molar-refractivity contribution < 1.29 is 5.11 Å². The lowest BCUT2D eigenvalue weighted by Crippen LogP contribution is -2.32. The Morgan fingerprint density at radius 2 is 2.07 bits per heavy atom. The van der Waals surface area contributed by atoms with E-state index in [2.05, 4.69) is 15.3 Å². The summed E-state index contributed by atoms with van der Waals surface area (Å²) in [5, 5.41) is 12.9. The molecule has 0 fully saturated rings. The number of nitrogens with one attached hydrogen (secondary N) is 1. The molecule has 0 amide bonds. The minimum Gasteiger partial charge on any atom is -0.388 e. The van der Waals surface area contributed by atoms with Crippen molar-refractivity contribution in [2.45, 2.75) is 39.7 Å². The summed E-state index contributed by atoms with van der Waals surface area (Å²) in [7, 11) is 0. The van der Waals surface area contributed by atoms with Gasteiger partial charge in [-0.15, -0.1) is 0 Å². The lowest BCUT2D eigenvalue weighted by Gasteiger charge is -2.21. The molecule has 0 saturated heterocycles. The first-order chi connectivity index (χ1) is 6.93. The summed E-state index contributed by atoms with van der Waals surface area (Å²) in [5.74, 6) is 1.52. The molecule has 0 saturated carbocycles. The highest BCUT2D eigenvalue weighted by atomic mass is 16.3. The molecular formula is C11H19N3O. The molecule has 0 aromatic carbocycles. The summed E-state index contributed by atoms with van der Waals surface area (Å²) in [6.45, 7) is 8.05. The molecule has 1 atom stereocenters. The Bertz CT molecular complexity index is 316. The van der Waals surface area contributed by atoms with Crippen LogP contribution in [0.4, 0.5) is 5.82 Å². The molecule has 0 aliphatic rings. The number of rotatable bonds is 4. The van der Waals surface area contributed by atoms with Gasteiger partial charge in [0.15, 0.2) is 0 Å². The molecule has 0 aliphatic heterocycles. The molecule has 1 heterocycles. The Labute approximate surface area is 90.8 Å². The van der Waals surface area contributed by atoms with E-state index in [4.69, 9.17) is 0 Å². The third-order valence-corrected chi connectivity index (χ3v) is 2.38. The average molecular weight is 209 g/mol. The first-order valence-corrected chi connectivity index (χ1v) is 5.21. The fraction of sp³-hybridized carbons (Fsp3) is 0.636. The smallest absolute Gasteiger partial charge is 0.130 e. The van der Waals surface area contributed by atoms with Gasteiger partial charge in [0.1, 0.15) is 11.6 Å². The van der Waals surface area contributed by atoms with Crippen LogP contribution in [-0.4, -0.2) is 27.2 Å². The minimum absolute atomic E-state index is 0.499. The summed E-state index contributed by atoms with van der Waals surface area (Å²) >= 11 is 0. The van der Waals surface area contributed by atoms with E-state index in [-0.39, 0.29) is 0 Å². The zero-order chi connectivity index (χ0) is 11.5. The SMILES string of the molecule is CCC(C)(O)CNc1cc(C)nc(C)n1. The molecule has 84 valence electrons. The third-order valence-electron chi connectivity index (χ3n) is 2.38. The summed E-state index contributed by atoms with van der Waals surface area (Å²) in [4.78, 5) is 8.42. The Morgan fingerprint density at radius 3 is 2.60 bits per heavy atom. The molecule has 15 heavy (non-hydrogen) atoms. The number of nitrogens with zero attached hydrogens (tertiary/aromatic N) is 2.